The molecule has 0 atom stereocenters. The van der Waals surface area contributed by atoms with Gasteiger partial charge >= 0.3 is 0 Å². The first-order valence-electron chi connectivity index (χ1n) is 6.45. The molecule has 0 fully saturated rings. The minimum Gasteiger partial charge on any atom is -0.399 e. The van der Waals surface area contributed by atoms with Gasteiger partial charge in [0.1, 0.15) is 0 Å². The average Bonchev–Trinajstić information content (AvgIpc) is 2.34. The SMILES string of the molecule is CCN(CCC(C)(C)C#N)Cc1cccc(N)c1. The fraction of sp³-hybridized carbons (Fsp3) is 0.533. The highest BCUT2D eigenvalue weighted by Crippen LogP contribution is 2.19. The summed E-state index contributed by atoms with van der Waals surface area (Å²) in [6.45, 7) is 8.93. The van der Waals surface area contributed by atoms with Crippen LogP contribution in [0.15, 0.2) is 24.3 Å². The Morgan fingerprint density at radius 2 is 2.11 bits per heavy atom. The van der Waals surface area contributed by atoms with Gasteiger partial charge in [0.25, 0.3) is 0 Å². The van der Waals surface area contributed by atoms with Crippen LogP contribution in [0.1, 0.15) is 32.8 Å². The van der Waals surface area contributed by atoms with Crippen molar-refractivity contribution in [2.45, 2.75) is 33.7 Å². The lowest BCUT2D eigenvalue weighted by Crippen LogP contribution is -2.27. The maximum absolute atomic E-state index is 9.02. The highest BCUT2D eigenvalue weighted by molar-refractivity contribution is 5.40. The van der Waals surface area contributed by atoms with E-state index in [1.165, 1.54) is 5.56 Å². The van der Waals surface area contributed by atoms with Gasteiger partial charge < -0.3 is 5.73 Å². The van der Waals surface area contributed by atoms with Crippen LogP contribution in [0.5, 0.6) is 0 Å². The molecule has 0 bridgehead atoms. The number of hydrogen-bond donors (Lipinski definition) is 1. The number of benzene rings is 1. The predicted molar refractivity (Wildman–Crippen MR) is 75.8 cm³/mol. The van der Waals surface area contributed by atoms with Gasteiger partial charge in [-0.25, -0.2) is 0 Å². The second kappa shape index (κ2) is 6.42. The van der Waals surface area contributed by atoms with Crippen LogP contribution in [0, 0.1) is 16.7 Å². The molecule has 0 spiro atoms. The monoisotopic (exact) mass is 245 g/mol. The van der Waals surface area contributed by atoms with Crippen molar-refractivity contribution in [1.29, 1.82) is 5.26 Å². The first-order valence-corrected chi connectivity index (χ1v) is 6.45. The number of nitriles is 1. The second-order valence-corrected chi connectivity index (χ2v) is 5.36. The van der Waals surface area contributed by atoms with Crippen LogP contribution >= 0.6 is 0 Å². The minimum atomic E-state index is -0.247. The van der Waals surface area contributed by atoms with Gasteiger partial charge in [-0.3, -0.25) is 4.90 Å². The zero-order valence-corrected chi connectivity index (χ0v) is 11.6. The number of hydrogen-bond acceptors (Lipinski definition) is 3. The summed E-state index contributed by atoms with van der Waals surface area (Å²) in [4.78, 5) is 2.34. The van der Waals surface area contributed by atoms with E-state index >= 15 is 0 Å². The lowest BCUT2D eigenvalue weighted by Gasteiger charge is -2.24. The summed E-state index contributed by atoms with van der Waals surface area (Å²) in [5, 5.41) is 9.02. The molecule has 0 radical (unpaired) electrons. The highest BCUT2D eigenvalue weighted by atomic mass is 15.1. The van der Waals surface area contributed by atoms with E-state index in [4.69, 9.17) is 11.0 Å². The lowest BCUT2D eigenvalue weighted by molar-refractivity contribution is 0.245. The number of nitrogen functional groups attached to an aromatic ring is 1. The predicted octanol–water partition coefficient (Wildman–Crippen LogP) is 3.03. The minimum absolute atomic E-state index is 0.247. The summed E-state index contributed by atoms with van der Waals surface area (Å²) in [5.74, 6) is 0. The third-order valence-electron chi connectivity index (χ3n) is 3.16. The Hall–Kier alpha value is -1.53. The van der Waals surface area contributed by atoms with Crippen LogP contribution in [-0.2, 0) is 6.54 Å². The normalized spacial score (nSPS) is 11.5. The van der Waals surface area contributed by atoms with Gasteiger partial charge in [0.05, 0.1) is 11.5 Å². The molecule has 0 aliphatic heterocycles. The van der Waals surface area contributed by atoms with Crippen molar-refractivity contribution in [3.05, 3.63) is 29.8 Å². The molecule has 3 heteroatoms. The number of nitrogens with two attached hydrogens (primary N) is 1. The summed E-state index contributed by atoms with van der Waals surface area (Å²) in [6.07, 6.45) is 0.889. The van der Waals surface area contributed by atoms with E-state index in [0.29, 0.717) is 0 Å². The molecule has 0 saturated heterocycles. The summed E-state index contributed by atoms with van der Waals surface area (Å²) in [5.41, 5.74) is 7.57. The van der Waals surface area contributed by atoms with E-state index < -0.39 is 0 Å². The molecule has 0 aliphatic carbocycles. The van der Waals surface area contributed by atoms with Crippen LogP contribution < -0.4 is 5.73 Å². The van der Waals surface area contributed by atoms with Crippen molar-refractivity contribution in [3.63, 3.8) is 0 Å². The molecule has 18 heavy (non-hydrogen) atoms. The fourth-order valence-corrected chi connectivity index (χ4v) is 1.79. The van der Waals surface area contributed by atoms with E-state index in [-0.39, 0.29) is 5.41 Å². The van der Waals surface area contributed by atoms with Gasteiger partial charge in [-0.1, -0.05) is 19.1 Å². The smallest absolute Gasteiger partial charge is 0.0684 e. The van der Waals surface area contributed by atoms with Gasteiger partial charge in [0.2, 0.25) is 0 Å². The van der Waals surface area contributed by atoms with Gasteiger partial charge in [-0.05, 0) is 51.1 Å². The first kappa shape index (κ1) is 14.5. The van der Waals surface area contributed by atoms with Gasteiger partial charge in [-0.2, -0.15) is 5.26 Å². The zero-order valence-electron chi connectivity index (χ0n) is 11.6. The van der Waals surface area contributed by atoms with Gasteiger partial charge in [0.15, 0.2) is 0 Å². The molecule has 98 valence electrons. The van der Waals surface area contributed by atoms with Crippen molar-refractivity contribution in [2.75, 3.05) is 18.8 Å². The van der Waals surface area contributed by atoms with Crippen molar-refractivity contribution in [1.82, 2.24) is 4.90 Å². The van der Waals surface area contributed by atoms with E-state index in [1.807, 2.05) is 32.0 Å². The molecule has 0 heterocycles. The molecule has 1 aromatic rings. The van der Waals surface area contributed by atoms with Crippen LogP contribution in [0.3, 0.4) is 0 Å². The molecule has 1 rings (SSSR count). The van der Waals surface area contributed by atoms with Crippen molar-refractivity contribution >= 4 is 5.69 Å². The Labute approximate surface area is 110 Å². The van der Waals surface area contributed by atoms with E-state index in [1.54, 1.807) is 0 Å². The zero-order chi connectivity index (χ0) is 13.6. The Morgan fingerprint density at radius 1 is 1.39 bits per heavy atom. The summed E-state index contributed by atoms with van der Waals surface area (Å²) in [6, 6.07) is 10.3. The molecule has 1 aromatic carbocycles. The maximum atomic E-state index is 9.02. The van der Waals surface area contributed by atoms with Crippen molar-refractivity contribution in [2.24, 2.45) is 5.41 Å². The summed E-state index contributed by atoms with van der Waals surface area (Å²) in [7, 11) is 0. The van der Waals surface area contributed by atoms with Crippen molar-refractivity contribution < 1.29 is 0 Å². The molecular weight excluding hydrogens is 222 g/mol. The third-order valence-corrected chi connectivity index (χ3v) is 3.16. The molecule has 0 unspecified atom stereocenters. The molecule has 3 nitrogen and oxygen atoms in total. The van der Waals surface area contributed by atoms with E-state index in [2.05, 4.69) is 24.0 Å². The number of nitrogens with zero attached hydrogens (tertiary/aromatic N) is 2. The number of anilines is 1. The van der Waals surface area contributed by atoms with Crippen LogP contribution in [-0.4, -0.2) is 18.0 Å². The van der Waals surface area contributed by atoms with Crippen LogP contribution in [0.2, 0.25) is 0 Å². The van der Waals surface area contributed by atoms with Crippen LogP contribution in [0.25, 0.3) is 0 Å². The molecule has 0 saturated carbocycles. The van der Waals surface area contributed by atoms with E-state index in [0.717, 1.165) is 31.7 Å². The molecule has 2 N–H and O–H groups in total. The molecule has 0 aliphatic rings. The second-order valence-electron chi connectivity index (χ2n) is 5.36. The topological polar surface area (TPSA) is 53.0 Å². The lowest BCUT2D eigenvalue weighted by atomic mass is 9.91. The van der Waals surface area contributed by atoms with Gasteiger partial charge in [0, 0.05) is 12.2 Å². The Balaban J connectivity index is 2.55. The Morgan fingerprint density at radius 3 is 2.67 bits per heavy atom. The number of rotatable bonds is 6. The highest BCUT2D eigenvalue weighted by Gasteiger charge is 2.17. The average molecular weight is 245 g/mol. The Bertz CT molecular complexity index is 418. The van der Waals surface area contributed by atoms with E-state index in [9.17, 15) is 0 Å². The largest absolute Gasteiger partial charge is 0.399 e. The molecule has 0 amide bonds. The maximum Gasteiger partial charge on any atom is 0.0684 e. The van der Waals surface area contributed by atoms with Crippen LogP contribution in [0.4, 0.5) is 5.69 Å². The summed E-state index contributed by atoms with van der Waals surface area (Å²) >= 11 is 0. The van der Waals surface area contributed by atoms with Crippen molar-refractivity contribution in [3.8, 4) is 6.07 Å². The quantitative estimate of drug-likeness (QED) is 0.784. The molecular formula is C15H23N3. The third kappa shape index (κ3) is 4.77. The Kier molecular flexibility index (Phi) is 5.18. The standard InChI is InChI=1S/C15H23N3/c1-4-18(9-8-15(2,3)12-16)11-13-6-5-7-14(17)10-13/h5-7,10H,4,8-9,11,17H2,1-3H3. The summed E-state index contributed by atoms with van der Waals surface area (Å²) < 4.78 is 0. The van der Waals surface area contributed by atoms with Gasteiger partial charge in [-0.15, -0.1) is 0 Å². The fourth-order valence-electron chi connectivity index (χ4n) is 1.79. The molecule has 0 aromatic heterocycles. The first-order chi connectivity index (χ1) is 8.46.